The molecule has 1 aliphatic rings. The Morgan fingerprint density at radius 2 is 2.11 bits per heavy atom. The Morgan fingerprint density at radius 3 is 2.94 bits per heavy atom. The number of fused-ring (bicyclic) bond motifs is 1. The highest BCUT2D eigenvalue weighted by Gasteiger charge is 2.41. The van der Waals surface area contributed by atoms with Crippen LogP contribution in [0.1, 0.15) is 38.7 Å². The fraction of sp³-hybridized carbons (Fsp3) is 0.500. The van der Waals surface area contributed by atoms with Crippen LogP contribution in [0.5, 0.6) is 0 Å². The SMILES string of the molecule is CC1CCCC(O)(c2cccc3[nH]ccc23)C1C. The molecule has 3 rings (SSSR count). The monoisotopic (exact) mass is 243 g/mol. The normalized spacial score (nSPS) is 32.8. The second-order valence-electron chi connectivity index (χ2n) is 5.83. The highest BCUT2D eigenvalue weighted by Crippen LogP contribution is 2.46. The molecule has 1 heterocycles. The van der Waals surface area contributed by atoms with Crippen molar-refractivity contribution in [1.82, 2.24) is 4.98 Å². The maximum atomic E-state index is 11.2. The third-order valence-electron chi connectivity index (χ3n) is 4.89. The summed E-state index contributed by atoms with van der Waals surface area (Å²) in [5.41, 5.74) is 1.55. The van der Waals surface area contributed by atoms with Gasteiger partial charge in [0.05, 0.1) is 5.60 Å². The molecule has 1 fully saturated rings. The highest BCUT2D eigenvalue weighted by molar-refractivity contribution is 5.83. The van der Waals surface area contributed by atoms with Crippen LogP contribution in [-0.2, 0) is 5.60 Å². The number of benzene rings is 1. The summed E-state index contributed by atoms with van der Waals surface area (Å²) in [6, 6.07) is 8.27. The minimum atomic E-state index is -0.667. The van der Waals surface area contributed by atoms with Crippen molar-refractivity contribution in [3.05, 3.63) is 36.0 Å². The summed E-state index contributed by atoms with van der Waals surface area (Å²) in [7, 11) is 0. The van der Waals surface area contributed by atoms with Crippen LogP contribution in [0, 0.1) is 11.8 Å². The Kier molecular flexibility index (Phi) is 2.70. The lowest BCUT2D eigenvalue weighted by Gasteiger charge is -2.42. The minimum absolute atomic E-state index is 0.312. The van der Waals surface area contributed by atoms with Gasteiger partial charge < -0.3 is 10.1 Å². The average Bonchev–Trinajstić information content (AvgIpc) is 2.83. The van der Waals surface area contributed by atoms with Gasteiger partial charge in [0, 0.05) is 17.1 Å². The summed E-state index contributed by atoms with van der Waals surface area (Å²) in [6.45, 7) is 4.45. The lowest BCUT2D eigenvalue weighted by molar-refractivity contribution is -0.0676. The number of H-pyrrole nitrogens is 1. The average molecular weight is 243 g/mol. The van der Waals surface area contributed by atoms with Crippen LogP contribution in [0.25, 0.3) is 10.9 Å². The predicted molar refractivity (Wildman–Crippen MR) is 74.4 cm³/mol. The van der Waals surface area contributed by atoms with Gasteiger partial charge in [0.15, 0.2) is 0 Å². The number of nitrogens with one attached hydrogen (secondary N) is 1. The van der Waals surface area contributed by atoms with Gasteiger partial charge in [-0.25, -0.2) is 0 Å². The van der Waals surface area contributed by atoms with E-state index in [9.17, 15) is 5.11 Å². The quantitative estimate of drug-likeness (QED) is 0.785. The molecule has 2 N–H and O–H groups in total. The molecule has 0 spiro atoms. The second-order valence-corrected chi connectivity index (χ2v) is 5.83. The Bertz CT molecular complexity index is 559. The van der Waals surface area contributed by atoms with E-state index in [1.54, 1.807) is 0 Å². The summed E-state index contributed by atoms with van der Waals surface area (Å²) in [5, 5.41) is 12.4. The maximum Gasteiger partial charge on any atom is 0.0931 e. The maximum absolute atomic E-state index is 11.2. The molecule has 0 bridgehead atoms. The van der Waals surface area contributed by atoms with Crippen LogP contribution in [0.4, 0.5) is 0 Å². The molecule has 0 aliphatic heterocycles. The molecule has 2 heteroatoms. The molecule has 1 aromatic carbocycles. The van der Waals surface area contributed by atoms with Crippen molar-refractivity contribution in [2.45, 2.75) is 38.7 Å². The molecule has 18 heavy (non-hydrogen) atoms. The molecule has 2 aromatic rings. The fourth-order valence-electron chi connectivity index (χ4n) is 3.48. The summed E-state index contributed by atoms with van der Waals surface area (Å²) in [6.07, 6.45) is 5.17. The fourth-order valence-corrected chi connectivity index (χ4v) is 3.48. The van der Waals surface area contributed by atoms with Gasteiger partial charge in [-0.1, -0.05) is 32.4 Å². The Labute approximate surface area is 108 Å². The van der Waals surface area contributed by atoms with E-state index in [1.807, 2.05) is 12.3 Å². The van der Waals surface area contributed by atoms with Crippen molar-refractivity contribution < 1.29 is 5.11 Å². The van der Waals surface area contributed by atoms with Gasteiger partial charge in [0.2, 0.25) is 0 Å². The first kappa shape index (κ1) is 11.8. The van der Waals surface area contributed by atoms with Crippen LogP contribution in [0.2, 0.25) is 0 Å². The Balaban J connectivity index is 2.15. The molecule has 0 amide bonds. The molecule has 0 saturated heterocycles. The van der Waals surface area contributed by atoms with Crippen LogP contribution in [0.15, 0.2) is 30.5 Å². The molecular weight excluding hydrogens is 222 g/mol. The smallest absolute Gasteiger partial charge is 0.0931 e. The number of aromatic amines is 1. The highest BCUT2D eigenvalue weighted by atomic mass is 16.3. The molecule has 96 valence electrons. The third-order valence-corrected chi connectivity index (χ3v) is 4.89. The van der Waals surface area contributed by atoms with E-state index in [0.29, 0.717) is 11.8 Å². The first-order valence-electron chi connectivity index (χ1n) is 6.92. The number of hydrogen-bond acceptors (Lipinski definition) is 1. The molecule has 2 nitrogen and oxygen atoms in total. The van der Waals surface area contributed by atoms with E-state index in [4.69, 9.17) is 0 Å². The van der Waals surface area contributed by atoms with Gasteiger partial charge in [-0.3, -0.25) is 0 Å². The van der Waals surface area contributed by atoms with Crippen molar-refractivity contribution in [3.63, 3.8) is 0 Å². The van der Waals surface area contributed by atoms with E-state index in [1.165, 1.54) is 11.8 Å². The van der Waals surface area contributed by atoms with Crippen LogP contribution < -0.4 is 0 Å². The summed E-state index contributed by atoms with van der Waals surface area (Å²) in [4.78, 5) is 3.23. The van der Waals surface area contributed by atoms with Crippen LogP contribution >= 0.6 is 0 Å². The lowest BCUT2D eigenvalue weighted by atomic mass is 9.67. The van der Waals surface area contributed by atoms with Crippen molar-refractivity contribution in [2.75, 3.05) is 0 Å². The second kappa shape index (κ2) is 4.13. The van der Waals surface area contributed by atoms with E-state index >= 15 is 0 Å². The molecule has 1 aliphatic carbocycles. The zero-order chi connectivity index (χ0) is 12.8. The third kappa shape index (κ3) is 1.59. The van der Waals surface area contributed by atoms with Gasteiger partial charge in [-0.05, 0) is 42.4 Å². The standard InChI is InChI=1S/C16H21NO/c1-11-5-4-9-16(18,12(11)2)14-6-3-7-15-13(14)8-10-17-15/h3,6-8,10-12,17-18H,4-5,9H2,1-2H3. The molecule has 0 radical (unpaired) electrons. The van der Waals surface area contributed by atoms with Gasteiger partial charge in [0.1, 0.15) is 0 Å². The van der Waals surface area contributed by atoms with Gasteiger partial charge in [0.25, 0.3) is 0 Å². The summed E-state index contributed by atoms with van der Waals surface area (Å²) >= 11 is 0. The zero-order valence-electron chi connectivity index (χ0n) is 11.1. The van der Waals surface area contributed by atoms with Gasteiger partial charge in [-0.15, -0.1) is 0 Å². The number of aliphatic hydroxyl groups is 1. The van der Waals surface area contributed by atoms with Gasteiger partial charge in [-0.2, -0.15) is 0 Å². The molecular formula is C16H21NO. The molecule has 3 atom stereocenters. The molecule has 1 saturated carbocycles. The Morgan fingerprint density at radius 1 is 1.28 bits per heavy atom. The van der Waals surface area contributed by atoms with E-state index in [0.717, 1.165) is 23.9 Å². The van der Waals surface area contributed by atoms with Gasteiger partial charge >= 0.3 is 0 Å². The Hall–Kier alpha value is -1.28. The number of hydrogen-bond donors (Lipinski definition) is 2. The van der Waals surface area contributed by atoms with Crippen LogP contribution in [0.3, 0.4) is 0 Å². The number of aromatic nitrogens is 1. The molecule has 3 unspecified atom stereocenters. The van der Waals surface area contributed by atoms with Crippen molar-refractivity contribution in [3.8, 4) is 0 Å². The van der Waals surface area contributed by atoms with E-state index < -0.39 is 5.60 Å². The van der Waals surface area contributed by atoms with Crippen molar-refractivity contribution >= 4 is 10.9 Å². The largest absolute Gasteiger partial charge is 0.385 e. The van der Waals surface area contributed by atoms with E-state index in [2.05, 4.69) is 37.0 Å². The van der Waals surface area contributed by atoms with Crippen molar-refractivity contribution in [1.29, 1.82) is 0 Å². The summed E-state index contributed by atoms with van der Waals surface area (Å²) in [5.74, 6) is 0.893. The first-order chi connectivity index (χ1) is 8.63. The summed E-state index contributed by atoms with van der Waals surface area (Å²) < 4.78 is 0. The van der Waals surface area contributed by atoms with Crippen LogP contribution in [-0.4, -0.2) is 10.1 Å². The lowest BCUT2D eigenvalue weighted by Crippen LogP contribution is -2.40. The van der Waals surface area contributed by atoms with E-state index in [-0.39, 0.29) is 0 Å². The number of rotatable bonds is 1. The minimum Gasteiger partial charge on any atom is -0.385 e. The molecule has 1 aromatic heterocycles. The predicted octanol–water partition coefficient (Wildman–Crippen LogP) is 3.81. The zero-order valence-corrected chi connectivity index (χ0v) is 11.1. The van der Waals surface area contributed by atoms with Crippen molar-refractivity contribution in [2.24, 2.45) is 11.8 Å². The first-order valence-corrected chi connectivity index (χ1v) is 6.92. The topological polar surface area (TPSA) is 36.0 Å².